The largest absolute Gasteiger partial charge is 0.350 e. The Morgan fingerprint density at radius 2 is 2.38 bits per heavy atom. The van der Waals surface area contributed by atoms with E-state index >= 15 is 0 Å². The van der Waals surface area contributed by atoms with Crippen LogP contribution in [0, 0.1) is 0 Å². The van der Waals surface area contributed by atoms with E-state index in [1.54, 1.807) is 13.0 Å². The van der Waals surface area contributed by atoms with E-state index in [1.165, 1.54) is 11.3 Å². The molecule has 0 saturated heterocycles. The third-order valence-electron chi connectivity index (χ3n) is 1.43. The maximum absolute atomic E-state index is 11.1. The van der Waals surface area contributed by atoms with Crippen LogP contribution in [0.2, 0.25) is 4.34 Å². The molecule has 13 heavy (non-hydrogen) atoms. The number of halogens is 2. The molecule has 0 spiro atoms. The van der Waals surface area contributed by atoms with Crippen molar-refractivity contribution in [1.29, 1.82) is 0 Å². The van der Waals surface area contributed by atoms with E-state index in [0.29, 0.717) is 6.54 Å². The summed E-state index contributed by atoms with van der Waals surface area (Å²) in [7, 11) is 0. The average Bonchev–Trinajstić information content (AvgIpc) is 2.47. The highest BCUT2D eigenvalue weighted by molar-refractivity contribution is 7.16. The van der Waals surface area contributed by atoms with Crippen molar-refractivity contribution in [2.24, 2.45) is 0 Å². The van der Waals surface area contributed by atoms with Crippen LogP contribution in [-0.2, 0) is 11.3 Å². The van der Waals surface area contributed by atoms with Gasteiger partial charge in [0.2, 0.25) is 5.91 Å². The molecular weight excluding hydrogens is 229 g/mol. The Labute approximate surface area is 90.8 Å². The molecule has 0 aliphatic heterocycles. The molecule has 1 N–H and O–H groups in total. The van der Waals surface area contributed by atoms with E-state index in [1.807, 2.05) is 6.07 Å². The highest BCUT2D eigenvalue weighted by Gasteiger charge is 2.08. The van der Waals surface area contributed by atoms with Crippen molar-refractivity contribution in [3.8, 4) is 0 Å². The summed E-state index contributed by atoms with van der Waals surface area (Å²) >= 11 is 12.7. The predicted molar refractivity (Wildman–Crippen MR) is 56.5 cm³/mol. The standard InChI is InChI=1S/C8H9Cl2NOS/c1-5(9)8(12)11-4-6-2-3-7(10)13-6/h2-3,5H,4H2,1H3,(H,11,12). The summed E-state index contributed by atoms with van der Waals surface area (Å²) in [6.07, 6.45) is 0. The molecule has 1 rings (SSSR count). The molecule has 1 aromatic rings. The molecular formula is C8H9Cl2NOS. The minimum absolute atomic E-state index is 0.161. The second-order valence-electron chi connectivity index (χ2n) is 2.54. The van der Waals surface area contributed by atoms with Crippen LogP contribution in [0.3, 0.4) is 0 Å². The van der Waals surface area contributed by atoms with Gasteiger partial charge in [-0.2, -0.15) is 0 Å². The fraction of sp³-hybridized carbons (Fsp3) is 0.375. The van der Waals surface area contributed by atoms with Crippen LogP contribution >= 0.6 is 34.5 Å². The normalized spacial score (nSPS) is 12.5. The highest BCUT2D eigenvalue weighted by atomic mass is 35.5. The van der Waals surface area contributed by atoms with Crippen LogP contribution in [0.5, 0.6) is 0 Å². The van der Waals surface area contributed by atoms with Crippen molar-refractivity contribution in [1.82, 2.24) is 5.32 Å². The molecule has 2 nitrogen and oxygen atoms in total. The SMILES string of the molecule is CC(Cl)C(=O)NCc1ccc(Cl)s1. The maximum Gasteiger partial charge on any atom is 0.238 e. The summed E-state index contributed by atoms with van der Waals surface area (Å²) in [5, 5.41) is 2.20. The van der Waals surface area contributed by atoms with Crippen molar-refractivity contribution in [2.75, 3.05) is 0 Å². The van der Waals surface area contributed by atoms with E-state index in [4.69, 9.17) is 23.2 Å². The Balaban J connectivity index is 2.39. The molecule has 0 radical (unpaired) electrons. The molecule has 5 heteroatoms. The smallest absolute Gasteiger partial charge is 0.238 e. The van der Waals surface area contributed by atoms with E-state index in [2.05, 4.69) is 5.32 Å². The second-order valence-corrected chi connectivity index (χ2v) is 4.99. The van der Waals surface area contributed by atoms with Gasteiger partial charge < -0.3 is 5.32 Å². The molecule has 1 heterocycles. The summed E-state index contributed by atoms with van der Waals surface area (Å²) in [6, 6.07) is 3.68. The van der Waals surface area contributed by atoms with Crippen molar-refractivity contribution < 1.29 is 4.79 Å². The van der Waals surface area contributed by atoms with Crippen LogP contribution < -0.4 is 5.32 Å². The number of hydrogen-bond acceptors (Lipinski definition) is 2. The predicted octanol–water partition coefficient (Wildman–Crippen LogP) is 2.65. The molecule has 0 aliphatic rings. The monoisotopic (exact) mass is 237 g/mol. The molecule has 1 unspecified atom stereocenters. The number of carbonyl (C=O) groups excluding carboxylic acids is 1. The van der Waals surface area contributed by atoms with Gasteiger partial charge in [0, 0.05) is 4.88 Å². The van der Waals surface area contributed by atoms with Gasteiger partial charge >= 0.3 is 0 Å². The Kier molecular flexibility index (Phi) is 4.03. The third-order valence-corrected chi connectivity index (χ3v) is 2.86. The van der Waals surface area contributed by atoms with Gasteiger partial charge in [0.05, 0.1) is 10.9 Å². The van der Waals surface area contributed by atoms with Crippen LogP contribution in [0.1, 0.15) is 11.8 Å². The first kappa shape index (κ1) is 10.8. The number of rotatable bonds is 3. The number of amides is 1. The van der Waals surface area contributed by atoms with Gasteiger partial charge in [-0.3, -0.25) is 4.79 Å². The zero-order valence-corrected chi connectivity index (χ0v) is 9.34. The maximum atomic E-state index is 11.1. The first-order chi connectivity index (χ1) is 6.09. The van der Waals surface area contributed by atoms with Gasteiger partial charge in [-0.15, -0.1) is 22.9 Å². The lowest BCUT2D eigenvalue weighted by Gasteiger charge is -2.03. The molecule has 0 aromatic carbocycles. The van der Waals surface area contributed by atoms with Crippen molar-refractivity contribution >= 4 is 40.4 Å². The second kappa shape index (κ2) is 4.84. The summed E-state index contributed by atoms with van der Waals surface area (Å²) in [5.41, 5.74) is 0. The first-order valence-corrected chi connectivity index (χ1v) is 5.38. The van der Waals surface area contributed by atoms with Gasteiger partial charge in [-0.1, -0.05) is 11.6 Å². The summed E-state index contributed by atoms with van der Waals surface area (Å²) in [4.78, 5) is 12.1. The lowest BCUT2D eigenvalue weighted by molar-refractivity contribution is -0.120. The summed E-state index contributed by atoms with van der Waals surface area (Å²) in [5.74, 6) is -0.161. The molecule has 0 saturated carbocycles. The Morgan fingerprint density at radius 1 is 1.69 bits per heavy atom. The van der Waals surface area contributed by atoms with E-state index in [0.717, 1.165) is 9.21 Å². The topological polar surface area (TPSA) is 29.1 Å². The molecule has 72 valence electrons. The first-order valence-electron chi connectivity index (χ1n) is 3.75. The molecule has 0 fully saturated rings. The molecule has 0 bridgehead atoms. The van der Waals surface area contributed by atoms with Crippen LogP contribution in [0.25, 0.3) is 0 Å². The van der Waals surface area contributed by atoms with Crippen LogP contribution in [0.15, 0.2) is 12.1 Å². The van der Waals surface area contributed by atoms with Gasteiger partial charge in [0.1, 0.15) is 5.38 Å². The fourth-order valence-electron chi connectivity index (χ4n) is 0.762. The molecule has 1 atom stereocenters. The Hall–Kier alpha value is -0.250. The number of nitrogens with one attached hydrogen (secondary N) is 1. The number of alkyl halides is 1. The Morgan fingerprint density at radius 3 is 2.85 bits per heavy atom. The van der Waals surface area contributed by atoms with Gasteiger partial charge in [-0.25, -0.2) is 0 Å². The van der Waals surface area contributed by atoms with E-state index in [-0.39, 0.29) is 5.91 Å². The van der Waals surface area contributed by atoms with E-state index in [9.17, 15) is 4.79 Å². The van der Waals surface area contributed by atoms with Crippen molar-refractivity contribution in [3.63, 3.8) is 0 Å². The zero-order valence-electron chi connectivity index (χ0n) is 7.01. The quantitative estimate of drug-likeness (QED) is 0.806. The van der Waals surface area contributed by atoms with Crippen LogP contribution in [-0.4, -0.2) is 11.3 Å². The minimum Gasteiger partial charge on any atom is -0.350 e. The molecule has 1 aromatic heterocycles. The van der Waals surface area contributed by atoms with Gasteiger partial charge in [-0.05, 0) is 19.1 Å². The average molecular weight is 238 g/mol. The fourth-order valence-corrected chi connectivity index (χ4v) is 1.87. The number of thiophene rings is 1. The highest BCUT2D eigenvalue weighted by Crippen LogP contribution is 2.20. The van der Waals surface area contributed by atoms with Crippen molar-refractivity contribution in [2.45, 2.75) is 18.8 Å². The van der Waals surface area contributed by atoms with Gasteiger partial charge in [0.25, 0.3) is 0 Å². The molecule has 1 amide bonds. The summed E-state index contributed by atoms with van der Waals surface area (Å²) in [6.45, 7) is 2.13. The lowest BCUT2D eigenvalue weighted by atomic mass is 10.4. The van der Waals surface area contributed by atoms with Crippen molar-refractivity contribution in [3.05, 3.63) is 21.3 Å². The minimum atomic E-state index is -0.490. The van der Waals surface area contributed by atoms with Gasteiger partial charge in [0.15, 0.2) is 0 Å². The zero-order chi connectivity index (χ0) is 9.84. The number of carbonyl (C=O) groups is 1. The number of hydrogen-bond donors (Lipinski definition) is 1. The molecule has 0 aliphatic carbocycles. The summed E-state index contributed by atoms with van der Waals surface area (Å²) < 4.78 is 0.725. The lowest BCUT2D eigenvalue weighted by Crippen LogP contribution is -2.28. The van der Waals surface area contributed by atoms with E-state index < -0.39 is 5.38 Å². The van der Waals surface area contributed by atoms with Crippen LogP contribution in [0.4, 0.5) is 0 Å². The Bertz CT molecular complexity index is 298. The third kappa shape index (κ3) is 3.55.